The van der Waals surface area contributed by atoms with E-state index in [9.17, 15) is 0 Å². The minimum atomic E-state index is 0.0290. The summed E-state index contributed by atoms with van der Waals surface area (Å²) < 4.78 is 2.37. The summed E-state index contributed by atoms with van der Waals surface area (Å²) in [7, 11) is 4.15. The number of rotatable bonds is 4. The number of thioether (sulfide) groups is 1. The van der Waals surface area contributed by atoms with E-state index in [1.165, 1.54) is 28.3 Å². The molecule has 0 radical (unpaired) electrons. The average molecular weight is 432 g/mol. The molecule has 0 spiro atoms. The first kappa shape index (κ1) is 20.2. The number of aryl methyl sites for hydroxylation is 1. The van der Waals surface area contributed by atoms with Crippen LogP contribution in [0.4, 0.5) is 5.69 Å². The third-order valence-electron chi connectivity index (χ3n) is 6.29. The van der Waals surface area contributed by atoms with Crippen molar-refractivity contribution in [3.05, 3.63) is 77.4 Å². The summed E-state index contributed by atoms with van der Waals surface area (Å²) in [5.74, 6) is 0. The number of anilines is 1. The highest BCUT2D eigenvalue weighted by Crippen LogP contribution is 2.48. The average Bonchev–Trinajstić information content (AvgIpc) is 3.38. The lowest BCUT2D eigenvalue weighted by molar-refractivity contribution is 0.320. The number of benzene rings is 1. The summed E-state index contributed by atoms with van der Waals surface area (Å²) in [6, 6.07) is 17.5. The first-order valence-electron chi connectivity index (χ1n) is 10.8. The van der Waals surface area contributed by atoms with Crippen LogP contribution in [0.2, 0.25) is 0 Å². The fraction of sp³-hybridized carbons (Fsp3) is 0.360. The van der Waals surface area contributed by atoms with Crippen molar-refractivity contribution < 1.29 is 0 Å². The number of aliphatic imine (C=N–C) groups is 1. The Morgan fingerprint density at radius 2 is 1.84 bits per heavy atom. The molecule has 0 N–H and O–H groups in total. The molecule has 1 fully saturated rings. The first-order chi connectivity index (χ1) is 14.9. The summed E-state index contributed by atoms with van der Waals surface area (Å²) in [6.45, 7) is 7.75. The standard InChI is InChI=1S/C25H29N5S/c1-16-14-21(18(3)30(16)20-11-9-19(10-12-20)28(4)5)24-23(22-8-6-7-13-26-22)27-25-29(24)15-17(2)31-25/h6-14,17,23-24H,15H2,1-5H3/t17-,23-,24-/m1/s1. The molecule has 160 valence electrons. The van der Waals surface area contributed by atoms with Crippen molar-refractivity contribution in [2.45, 2.75) is 38.1 Å². The molecular formula is C25H29N5S. The number of nitrogens with zero attached hydrogens (tertiary/aromatic N) is 5. The molecule has 0 aliphatic carbocycles. The lowest BCUT2D eigenvalue weighted by atomic mass is 9.96. The van der Waals surface area contributed by atoms with E-state index >= 15 is 0 Å². The van der Waals surface area contributed by atoms with Crippen molar-refractivity contribution in [3.8, 4) is 5.69 Å². The highest BCUT2D eigenvalue weighted by atomic mass is 32.2. The molecule has 6 heteroatoms. The monoisotopic (exact) mass is 431 g/mol. The predicted molar refractivity (Wildman–Crippen MR) is 130 cm³/mol. The van der Waals surface area contributed by atoms with Crippen LogP contribution in [0.15, 0.2) is 59.7 Å². The molecule has 3 aromatic rings. The van der Waals surface area contributed by atoms with Gasteiger partial charge in [0.2, 0.25) is 0 Å². The van der Waals surface area contributed by atoms with Gasteiger partial charge in [-0.3, -0.25) is 9.98 Å². The molecule has 2 aliphatic rings. The van der Waals surface area contributed by atoms with Gasteiger partial charge >= 0.3 is 0 Å². The molecule has 3 atom stereocenters. The van der Waals surface area contributed by atoms with E-state index in [1.807, 2.05) is 24.0 Å². The highest BCUT2D eigenvalue weighted by molar-refractivity contribution is 8.14. The van der Waals surface area contributed by atoms with Gasteiger partial charge in [-0.2, -0.15) is 0 Å². The van der Waals surface area contributed by atoms with Crippen LogP contribution in [0.25, 0.3) is 5.69 Å². The van der Waals surface area contributed by atoms with Crippen LogP contribution in [0.1, 0.15) is 41.7 Å². The van der Waals surface area contributed by atoms with Gasteiger partial charge in [0.15, 0.2) is 5.17 Å². The van der Waals surface area contributed by atoms with Crippen molar-refractivity contribution in [3.63, 3.8) is 0 Å². The maximum Gasteiger partial charge on any atom is 0.160 e. The van der Waals surface area contributed by atoms with Crippen molar-refractivity contribution in [1.82, 2.24) is 14.5 Å². The molecule has 0 saturated carbocycles. The maximum absolute atomic E-state index is 5.14. The molecule has 0 unspecified atom stereocenters. The number of hydrogen-bond acceptors (Lipinski definition) is 5. The van der Waals surface area contributed by atoms with E-state index in [0.717, 1.165) is 17.4 Å². The second kappa shape index (κ2) is 7.75. The Bertz CT molecular complexity index is 1120. The Balaban J connectivity index is 1.58. The Hall–Kier alpha value is -2.73. The lowest BCUT2D eigenvalue weighted by Gasteiger charge is -2.27. The van der Waals surface area contributed by atoms with Gasteiger partial charge in [0.25, 0.3) is 0 Å². The van der Waals surface area contributed by atoms with Gasteiger partial charge in [0.05, 0.1) is 11.7 Å². The van der Waals surface area contributed by atoms with E-state index in [2.05, 4.69) is 96.7 Å². The van der Waals surface area contributed by atoms with Crippen LogP contribution in [-0.4, -0.2) is 45.5 Å². The van der Waals surface area contributed by atoms with Crippen molar-refractivity contribution in [1.29, 1.82) is 0 Å². The number of fused-ring (bicyclic) bond motifs is 1. The van der Waals surface area contributed by atoms with Crippen molar-refractivity contribution >= 4 is 22.6 Å². The maximum atomic E-state index is 5.14. The largest absolute Gasteiger partial charge is 0.378 e. The van der Waals surface area contributed by atoms with Crippen LogP contribution in [-0.2, 0) is 0 Å². The fourth-order valence-electron chi connectivity index (χ4n) is 4.84. The van der Waals surface area contributed by atoms with Gasteiger partial charge in [-0.05, 0) is 61.9 Å². The van der Waals surface area contributed by atoms with Crippen LogP contribution in [0.3, 0.4) is 0 Å². The SMILES string of the molecule is Cc1cc([C@@H]2[C@@H](c3ccccn3)N=C3S[C@H](C)CN32)c(C)n1-c1ccc(N(C)C)cc1. The summed E-state index contributed by atoms with van der Waals surface area (Å²) in [6.07, 6.45) is 1.88. The number of aromatic nitrogens is 2. The molecule has 31 heavy (non-hydrogen) atoms. The molecule has 4 heterocycles. The number of pyridine rings is 1. The third kappa shape index (κ3) is 3.43. The number of amidine groups is 1. The topological polar surface area (TPSA) is 36.7 Å². The number of hydrogen-bond donors (Lipinski definition) is 0. The van der Waals surface area contributed by atoms with E-state index in [1.54, 1.807) is 0 Å². The first-order valence-corrected chi connectivity index (χ1v) is 11.7. The minimum Gasteiger partial charge on any atom is -0.378 e. The fourth-order valence-corrected chi connectivity index (χ4v) is 5.93. The summed E-state index contributed by atoms with van der Waals surface area (Å²) >= 11 is 1.89. The molecule has 2 aromatic heterocycles. The zero-order valence-corrected chi connectivity index (χ0v) is 19.6. The van der Waals surface area contributed by atoms with E-state index in [4.69, 9.17) is 4.99 Å². The quantitative estimate of drug-likeness (QED) is 0.573. The molecule has 5 rings (SSSR count). The third-order valence-corrected chi connectivity index (χ3v) is 7.40. The van der Waals surface area contributed by atoms with Gasteiger partial charge in [-0.1, -0.05) is 24.8 Å². The zero-order valence-electron chi connectivity index (χ0n) is 18.8. The Labute approximate surface area is 188 Å². The van der Waals surface area contributed by atoms with Crippen LogP contribution < -0.4 is 4.90 Å². The van der Waals surface area contributed by atoms with Crippen LogP contribution in [0.5, 0.6) is 0 Å². The van der Waals surface area contributed by atoms with E-state index < -0.39 is 0 Å². The van der Waals surface area contributed by atoms with Gasteiger partial charge < -0.3 is 14.4 Å². The Kier molecular flexibility index (Phi) is 5.05. The summed E-state index contributed by atoms with van der Waals surface area (Å²) in [5, 5.41) is 1.72. The van der Waals surface area contributed by atoms with Crippen LogP contribution >= 0.6 is 11.8 Å². The predicted octanol–water partition coefficient (Wildman–Crippen LogP) is 5.14. The highest BCUT2D eigenvalue weighted by Gasteiger charge is 2.44. The van der Waals surface area contributed by atoms with Crippen molar-refractivity contribution in [2.24, 2.45) is 4.99 Å². The van der Waals surface area contributed by atoms with Crippen molar-refractivity contribution in [2.75, 3.05) is 25.5 Å². The Morgan fingerprint density at radius 1 is 1.06 bits per heavy atom. The minimum absolute atomic E-state index is 0.0290. The molecule has 5 nitrogen and oxygen atoms in total. The lowest BCUT2D eigenvalue weighted by Crippen LogP contribution is -2.28. The van der Waals surface area contributed by atoms with Crippen LogP contribution in [0, 0.1) is 13.8 Å². The second-order valence-electron chi connectivity index (χ2n) is 8.71. The Morgan fingerprint density at radius 3 is 2.52 bits per heavy atom. The van der Waals surface area contributed by atoms with Gasteiger partial charge in [0.1, 0.15) is 6.04 Å². The smallest absolute Gasteiger partial charge is 0.160 e. The summed E-state index contributed by atoms with van der Waals surface area (Å²) in [4.78, 5) is 14.4. The van der Waals surface area contributed by atoms with Gasteiger partial charge in [-0.25, -0.2) is 0 Å². The molecular weight excluding hydrogens is 402 g/mol. The molecule has 0 amide bonds. The molecule has 0 bridgehead atoms. The van der Waals surface area contributed by atoms with Gasteiger partial charge in [-0.15, -0.1) is 0 Å². The molecule has 2 aliphatic heterocycles. The second-order valence-corrected chi connectivity index (χ2v) is 10.1. The molecule has 1 aromatic carbocycles. The summed E-state index contributed by atoms with van der Waals surface area (Å²) in [5.41, 5.74) is 7.32. The van der Waals surface area contributed by atoms with E-state index in [-0.39, 0.29) is 12.1 Å². The zero-order chi connectivity index (χ0) is 21.7. The van der Waals surface area contributed by atoms with E-state index in [0.29, 0.717) is 5.25 Å². The van der Waals surface area contributed by atoms with Gasteiger partial charge in [0, 0.05) is 54.8 Å². The normalized spacial score (nSPS) is 22.5. The molecule has 1 saturated heterocycles.